The maximum atomic E-state index is 12.5. The first-order valence-corrected chi connectivity index (χ1v) is 10.6. The Bertz CT molecular complexity index is 1130. The first-order chi connectivity index (χ1) is 14.7. The Hall–Kier alpha value is -3.17. The van der Waals surface area contributed by atoms with Crippen molar-refractivity contribution in [2.75, 3.05) is 18.4 Å². The van der Waals surface area contributed by atoms with E-state index < -0.39 is 0 Å². The van der Waals surface area contributed by atoms with E-state index in [1.165, 1.54) is 22.3 Å². The number of fused-ring (bicyclic) bond motifs is 2. The molecule has 0 spiro atoms. The minimum Gasteiger partial charge on any atom is -0.322 e. The Kier molecular flexibility index (Phi) is 4.97. The quantitative estimate of drug-likeness (QED) is 0.637. The van der Waals surface area contributed by atoms with Gasteiger partial charge >= 0.3 is 0 Å². The fraction of sp³-hybridized carbons (Fsp3) is 0.222. The van der Waals surface area contributed by atoms with Crippen molar-refractivity contribution >= 4 is 17.2 Å². The summed E-state index contributed by atoms with van der Waals surface area (Å²) in [4.78, 5) is 15.1. The Morgan fingerprint density at radius 2 is 1.83 bits per heavy atom. The second-order valence-electron chi connectivity index (χ2n) is 8.40. The second-order valence-corrected chi connectivity index (χ2v) is 8.40. The molecule has 0 aromatic heterocycles. The van der Waals surface area contributed by atoms with Gasteiger partial charge in [0.15, 0.2) is 0 Å². The van der Waals surface area contributed by atoms with Crippen LogP contribution in [0.15, 0.2) is 78.4 Å². The highest BCUT2D eigenvalue weighted by Crippen LogP contribution is 2.37. The molecule has 2 aliphatic rings. The number of benzene rings is 3. The van der Waals surface area contributed by atoms with Crippen LogP contribution in [0.2, 0.25) is 0 Å². The summed E-state index contributed by atoms with van der Waals surface area (Å²) < 4.78 is 0. The third-order valence-electron chi connectivity index (χ3n) is 6.19. The fourth-order valence-electron chi connectivity index (χ4n) is 4.58. The summed E-state index contributed by atoms with van der Waals surface area (Å²) in [6, 6.07) is 24.7. The van der Waals surface area contributed by atoms with E-state index in [2.05, 4.69) is 46.6 Å². The molecule has 5 rings (SSSR count). The molecule has 3 aromatic carbocycles. The number of nitrogens with one attached hydrogen (secondary N) is 1. The second kappa shape index (κ2) is 7.92. The molecule has 30 heavy (non-hydrogen) atoms. The molecule has 0 bridgehead atoms. The summed E-state index contributed by atoms with van der Waals surface area (Å²) in [5, 5.41) is 3.04. The van der Waals surface area contributed by atoms with Crippen LogP contribution < -0.4 is 5.32 Å². The highest BCUT2D eigenvalue weighted by Gasteiger charge is 2.26. The highest BCUT2D eigenvalue weighted by atomic mass is 16.1. The van der Waals surface area contributed by atoms with E-state index in [9.17, 15) is 4.79 Å². The average molecular weight is 395 g/mol. The zero-order valence-corrected chi connectivity index (χ0v) is 17.3. The first-order valence-electron chi connectivity index (χ1n) is 10.6. The van der Waals surface area contributed by atoms with Crippen molar-refractivity contribution in [1.82, 2.24) is 4.90 Å². The first kappa shape index (κ1) is 18.8. The third kappa shape index (κ3) is 3.81. The molecule has 3 heteroatoms. The summed E-state index contributed by atoms with van der Waals surface area (Å²) in [6.07, 6.45) is 2.27. The summed E-state index contributed by atoms with van der Waals surface area (Å²) in [7, 11) is 0. The van der Waals surface area contributed by atoms with Gasteiger partial charge in [0.1, 0.15) is 0 Å². The van der Waals surface area contributed by atoms with Gasteiger partial charge in [-0.2, -0.15) is 0 Å². The number of hydrogen-bond donors (Lipinski definition) is 1. The number of nitrogens with zero attached hydrogens (tertiary/aromatic N) is 1. The van der Waals surface area contributed by atoms with E-state index in [-0.39, 0.29) is 5.91 Å². The molecule has 1 N–H and O–H groups in total. The zero-order chi connectivity index (χ0) is 20.5. The molecule has 0 unspecified atom stereocenters. The van der Waals surface area contributed by atoms with Gasteiger partial charge in [-0.15, -0.1) is 0 Å². The average Bonchev–Trinajstić information content (AvgIpc) is 3.12. The van der Waals surface area contributed by atoms with Crippen LogP contribution in [0.3, 0.4) is 0 Å². The van der Waals surface area contributed by atoms with Crippen LogP contribution in [0.5, 0.6) is 0 Å². The minimum absolute atomic E-state index is 0.0671. The van der Waals surface area contributed by atoms with Gasteiger partial charge in [0.2, 0.25) is 0 Å². The maximum Gasteiger partial charge on any atom is 0.255 e. The lowest BCUT2D eigenvalue weighted by molar-refractivity contribution is 0.102. The lowest BCUT2D eigenvalue weighted by atomic mass is 9.99. The summed E-state index contributed by atoms with van der Waals surface area (Å²) in [5.41, 5.74) is 9.97. The Balaban J connectivity index is 1.26. The van der Waals surface area contributed by atoms with Crippen LogP contribution in [-0.4, -0.2) is 23.9 Å². The number of anilines is 1. The van der Waals surface area contributed by atoms with Gasteiger partial charge < -0.3 is 5.32 Å². The number of aryl methyl sites for hydroxylation is 1. The van der Waals surface area contributed by atoms with Crippen molar-refractivity contribution < 1.29 is 4.79 Å². The van der Waals surface area contributed by atoms with Crippen molar-refractivity contribution in [2.45, 2.75) is 26.3 Å². The minimum atomic E-state index is -0.0671. The van der Waals surface area contributed by atoms with Gasteiger partial charge in [0, 0.05) is 30.9 Å². The SMILES string of the molecule is Cc1ccc(C(=O)Nc2cccc(CN3CCC4=C(C3)c3ccccc3C4)c2)cc1. The molecule has 0 saturated carbocycles. The van der Waals surface area contributed by atoms with E-state index in [0.717, 1.165) is 43.7 Å². The monoisotopic (exact) mass is 394 g/mol. The smallest absolute Gasteiger partial charge is 0.255 e. The van der Waals surface area contributed by atoms with E-state index in [1.807, 2.05) is 43.3 Å². The van der Waals surface area contributed by atoms with E-state index in [1.54, 1.807) is 5.57 Å². The number of carbonyl (C=O) groups is 1. The van der Waals surface area contributed by atoms with Crippen LogP contribution in [0.1, 0.15) is 39.0 Å². The van der Waals surface area contributed by atoms with E-state index in [4.69, 9.17) is 0 Å². The summed E-state index contributed by atoms with van der Waals surface area (Å²) >= 11 is 0. The molecule has 1 heterocycles. The Morgan fingerprint density at radius 3 is 2.70 bits per heavy atom. The molecule has 3 aromatic rings. The predicted molar refractivity (Wildman–Crippen MR) is 123 cm³/mol. The molecule has 0 atom stereocenters. The van der Waals surface area contributed by atoms with Crippen molar-refractivity contribution in [2.24, 2.45) is 0 Å². The normalized spacial score (nSPS) is 15.6. The number of carbonyl (C=O) groups excluding carboxylic acids is 1. The lowest BCUT2D eigenvalue weighted by Crippen LogP contribution is -2.30. The molecule has 0 fully saturated rings. The van der Waals surface area contributed by atoms with E-state index in [0.29, 0.717) is 5.56 Å². The van der Waals surface area contributed by atoms with Crippen molar-refractivity contribution in [3.8, 4) is 0 Å². The summed E-state index contributed by atoms with van der Waals surface area (Å²) in [6.45, 7) is 5.02. The van der Waals surface area contributed by atoms with Crippen molar-refractivity contribution in [3.05, 3.63) is 106 Å². The maximum absolute atomic E-state index is 12.5. The molecule has 1 aliphatic heterocycles. The standard InChI is InChI=1S/C27H26N2O/c1-19-9-11-21(12-10-19)27(30)28-24-7-4-5-20(15-24)17-29-14-13-23-16-22-6-2-3-8-25(22)26(23)18-29/h2-12,15H,13-14,16-18H2,1H3,(H,28,30). The molecular formula is C27H26N2O. The number of amides is 1. The van der Waals surface area contributed by atoms with Crippen LogP contribution in [0, 0.1) is 6.92 Å². The van der Waals surface area contributed by atoms with Gasteiger partial charge in [-0.3, -0.25) is 9.69 Å². The van der Waals surface area contributed by atoms with Crippen LogP contribution in [-0.2, 0) is 13.0 Å². The molecular weight excluding hydrogens is 368 g/mol. The summed E-state index contributed by atoms with van der Waals surface area (Å²) in [5.74, 6) is -0.0671. The van der Waals surface area contributed by atoms with Crippen LogP contribution in [0.25, 0.3) is 5.57 Å². The lowest BCUT2D eigenvalue weighted by Gasteiger charge is -2.29. The largest absolute Gasteiger partial charge is 0.322 e. The van der Waals surface area contributed by atoms with Crippen LogP contribution in [0.4, 0.5) is 5.69 Å². The molecule has 3 nitrogen and oxygen atoms in total. The molecule has 0 radical (unpaired) electrons. The van der Waals surface area contributed by atoms with E-state index >= 15 is 0 Å². The Labute approximate surface area is 178 Å². The predicted octanol–water partition coefficient (Wildman–Crippen LogP) is 5.46. The fourth-order valence-corrected chi connectivity index (χ4v) is 4.58. The van der Waals surface area contributed by atoms with Gasteiger partial charge in [0.05, 0.1) is 0 Å². The van der Waals surface area contributed by atoms with Crippen molar-refractivity contribution in [3.63, 3.8) is 0 Å². The third-order valence-corrected chi connectivity index (χ3v) is 6.19. The van der Waals surface area contributed by atoms with Gasteiger partial charge in [-0.25, -0.2) is 0 Å². The van der Waals surface area contributed by atoms with Gasteiger partial charge in [-0.05, 0) is 66.3 Å². The number of rotatable bonds is 4. The van der Waals surface area contributed by atoms with Gasteiger partial charge in [-0.1, -0.05) is 59.7 Å². The zero-order valence-electron chi connectivity index (χ0n) is 17.3. The molecule has 1 aliphatic carbocycles. The highest BCUT2D eigenvalue weighted by molar-refractivity contribution is 6.04. The number of hydrogen-bond acceptors (Lipinski definition) is 2. The topological polar surface area (TPSA) is 32.3 Å². The van der Waals surface area contributed by atoms with Crippen LogP contribution >= 0.6 is 0 Å². The molecule has 1 amide bonds. The molecule has 150 valence electrons. The molecule has 0 saturated heterocycles. The van der Waals surface area contributed by atoms with Gasteiger partial charge in [0.25, 0.3) is 5.91 Å². The Morgan fingerprint density at radius 1 is 1.00 bits per heavy atom. The van der Waals surface area contributed by atoms with Crippen molar-refractivity contribution in [1.29, 1.82) is 0 Å².